The summed E-state index contributed by atoms with van der Waals surface area (Å²) in [6.07, 6.45) is 3.76. The Kier molecular flexibility index (Phi) is 4.05. The van der Waals surface area contributed by atoms with Crippen LogP contribution in [0.4, 0.5) is 5.69 Å². The summed E-state index contributed by atoms with van der Waals surface area (Å²) in [5.74, 6) is 0. The van der Waals surface area contributed by atoms with Gasteiger partial charge in [-0.25, -0.2) is 0 Å². The van der Waals surface area contributed by atoms with Gasteiger partial charge in [0.05, 0.1) is 9.40 Å². The van der Waals surface area contributed by atoms with E-state index in [0.29, 0.717) is 23.1 Å². The van der Waals surface area contributed by atoms with Crippen molar-refractivity contribution in [1.82, 2.24) is 10.2 Å². The SMILES string of the molecule is O=[N+]([O-])c1cc(CNC2CCN3CCCC23)ccc1Br. The molecule has 1 N–H and O–H groups in total. The Bertz CT molecular complexity index is 523. The number of nitrogens with zero attached hydrogens (tertiary/aromatic N) is 2. The molecule has 2 heterocycles. The zero-order chi connectivity index (χ0) is 14.1. The maximum Gasteiger partial charge on any atom is 0.283 e. The number of hydrogen-bond acceptors (Lipinski definition) is 4. The normalized spacial score (nSPS) is 25.9. The van der Waals surface area contributed by atoms with Crippen LogP contribution in [0.2, 0.25) is 0 Å². The molecule has 0 aromatic heterocycles. The van der Waals surface area contributed by atoms with E-state index in [2.05, 4.69) is 26.1 Å². The molecule has 1 aromatic carbocycles. The number of nitro groups is 1. The van der Waals surface area contributed by atoms with Crippen LogP contribution in [-0.2, 0) is 6.54 Å². The van der Waals surface area contributed by atoms with E-state index in [4.69, 9.17) is 0 Å². The molecule has 2 aliphatic rings. The van der Waals surface area contributed by atoms with E-state index < -0.39 is 0 Å². The number of halogens is 1. The first-order valence-corrected chi connectivity index (χ1v) is 7.85. The van der Waals surface area contributed by atoms with Gasteiger partial charge >= 0.3 is 0 Å². The third-order valence-corrected chi connectivity index (χ3v) is 5.05. The van der Waals surface area contributed by atoms with Crippen molar-refractivity contribution in [1.29, 1.82) is 0 Å². The summed E-state index contributed by atoms with van der Waals surface area (Å²) in [7, 11) is 0. The minimum absolute atomic E-state index is 0.137. The zero-order valence-electron chi connectivity index (χ0n) is 11.2. The van der Waals surface area contributed by atoms with Gasteiger partial charge in [0.15, 0.2) is 0 Å². The highest BCUT2D eigenvalue weighted by Gasteiger charge is 2.36. The lowest BCUT2D eigenvalue weighted by Gasteiger charge is -2.21. The van der Waals surface area contributed by atoms with E-state index in [0.717, 1.165) is 5.56 Å². The van der Waals surface area contributed by atoms with Crippen molar-refractivity contribution in [3.8, 4) is 0 Å². The van der Waals surface area contributed by atoms with Crippen molar-refractivity contribution in [2.75, 3.05) is 13.1 Å². The average Bonchev–Trinajstić information content (AvgIpc) is 3.01. The molecule has 108 valence electrons. The fourth-order valence-electron chi connectivity index (χ4n) is 3.38. The first-order valence-electron chi connectivity index (χ1n) is 7.05. The van der Waals surface area contributed by atoms with E-state index in [9.17, 15) is 10.1 Å². The first kappa shape index (κ1) is 14.0. The second-order valence-corrected chi connectivity index (χ2v) is 6.42. The second kappa shape index (κ2) is 5.79. The van der Waals surface area contributed by atoms with Crippen molar-refractivity contribution in [3.63, 3.8) is 0 Å². The van der Waals surface area contributed by atoms with Gasteiger partial charge < -0.3 is 5.32 Å². The van der Waals surface area contributed by atoms with Gasteiger partial charge in [-0.2, -0.15) is 0 Å². The van der Waals surface area contributed by atoms with E-state index in [1.165, 1.54) is 32.4 Å². The molecule has 0 bridgehead atoms. The fourth-order valence-corrected chi connectivity index (χ4v) is 3.77. The molecule has 2 fully saturated rings. The average molecular weight is 340 g/mol. The summed E-state index contributed by atoms with van der Waals surface area (Å²) in [5.41, 5.74) is 1.11. The molecule has 3 rings (SSSR count). The van der Waals surface area contributed by atoms with Gasteiger partial charge in [0.25, 0.3) is 5.69 Å². The lowest BCUT2D eigenvalue weighted by molar-refractivity contribution is -0.385. The Balaban J connectivity index is 1.64. The third kappa shape index (κ3) is 2.73. The highest BCUT2D eigenvalue weighted by atomic mass is 79.9. The van der Waals surface area contributed by atoms with E-state index >= 15 is 0 Å². The van der Waals surface area contributed by atoms with Gasteiger partial charge in [-0.15, -0.1) is 0 Å². The summed E-state index contributed by atoms with van der Waals surface area (Å²) >= 11 is 3.22. The Morgan fingerprint density at radius 2 is 2.25 bits per heavy atom. The maximum atomic E-state index is 10.9. The quantitative estimate of drug-likeness (QED) is 0.676. The molecule has 0 amide bonds. The molecule has 0 aliphatic carbocycles. The van der Waals surface area contributed by atoms with Gasteiger partial charge in [0.1, 0.15) is 0 Å². The zero-order valence-corrected chi connectivity index (χ0v) is 12.8. The first-order chi connectivity index (χ1) is 9.65. The lowest BCUT2D eigenvalue weighted by atomic mass is 10.1. The van der Waals surface area contributed by atoms with Crippen LogP contribution in [0.3, 0.4) is 0 Å². The molecular weight excluding hydrogens is 322 g/mol. The minimum Gasteiger partial charge on any atom is -0.308 e. The fraction of sp³-hybridized carbons (Fsp3) is 0.571. The Morgan fingerprint density at radius 3 is 3.05 bits per heavy atom. The molecule has 2 atom stereocenters. The topological polar surface area (TPSA) is 58.4 Å². The van der Waals surface area contributed by atoms with Crippen LogP contribution in [0.5, 0.6) is 0 Å². The highest BCUT2D eigenvalue weighted by molar-refractivity contribution is 9.10. The molecule has 6 heteroatoms. The Hall–Kier alpha value is -0.980. The number of nitro benzene ring substituents is 1. The molecule has 20 heavy (non-hydrogen) atoms. The van der Waals surface area contributed by atoms with Crippen LogP contribution >= 0.6 is 15.9 Å². The highest BCUT2D eigenvalue weighted by Crippen LogP contribution is 2.29. The summed E-state index contributed by atoms with van der Waals surface area (Å²) in [6.45, 7) is 3.11. The smallest absolute Gasteiger partial charge is 0.283 e. The van der Waals surface area contributed by atoms with Crippen molar-refractivity contribution < 1.29 is 4.92 Å². The minimum atomic E-state index is -0.345. The Labute approximate surface area is 126 Å². The van der Waals surface area contributed by atoms with Crippen LogP contribution in [0.15, 0.2) is 22.7 Å². The van der Waals surface area contributed by atoms with E-state index in [1.807, 2.05) is 6.07 Å². The number of nitrogens with one attached hydrogen (secondary N) is 1. The number of rotatable bonds is 4. The predicted octanol–water partition coefficient (Wildman–Crippen LogP) is 2.68. The molecule has 0 spiro atoms. The van der Waals surface area contributed by atoms with Crippen molar-refractivity contribution in [2.24, 2.45) is 0 Å². The molecule has 2 aliphatic heterocycles. The van der Waals surface area contributed by atoms with Crippen molar-refractivity contribution in [3.05, 3.63) is 38.3 Å². The molecule has 2 unspecified atom stereocenters. The van der Waals surface area contributed by atoms with Crippen LogP contribution in [0.1, 0.15) is 24.8 Å². The molecule has 1 aromatic rings. The lowest BCUT2D eigenvalue weighted by Crippen LogP contribution is -2.38. The molecule has 2 saturated heterocycles. The summed E-state index contributed by atoms with van der Waals surface area (Å²) in [4.78, 5) is 13.1. The molecule has 5 nitrogen and oxygen atoms in total. The van der Waals surface area contributed by atoms with Crippen molar-refractivity contribution >= 4 is 21.6 Å². The second-order valence-electron chi connectivity index (χ2n) is 5.56. The maximum absolute atomic E-state index is 10.9. The number of benzene rings is 1. The third-order valence-electron chi connectivity index (χ3n) is 4.38. The van der Waals surface area contributed by atoms with Gasteiger partial charge in [-0.3, -0.25) is 15.0 Å². The number of fused-ring (bicyclic) bond motifs is 1. The Morgan fingerprint density at radius 1 is 1.40 bits per heavy atom. The molecular formula is C14H18BrN3O2. The van der Waals surface area contributed by atoms with Gasteiger partial charge in [0, 0.05) is 31.2 Å². The van der Waals surface area contributed by atoms with Crippen LogP contribution in [0, 0.1) is 10.1 Å². The van der Waals surface area contributed by atoms with Crippen LogP contribution in [-0.4, -0.2) is 35.0 Å². The van der Waals surface area contributed by atoms with E-state index in [1.54, 1.807) is 12.1 Å². The van der Waals surface area contributed by atoms with Crippen molar-refractivity contribution in [2.45, 2.75) is 37.9 Å². The van der Waals surface area contributed by atoms with Gasteiger partial charge in [0.2, 0.25) is 0 Å². The van der Waals surface area contributed by atoms with Gasteiger partial charge in [-0.1, -0.05) is 6.07 Å². The summed E-state index contributed by atoms with van der Waals surface area (Å²) in [5, 5.41) is 14.5. The van der Waals surface area contributed by atoms with Crippen LogP contribution < -0.4 is 5.32 Å². The monoisotopic (exact) mass is 339 g/mol. The largest absolute Gasteiger partial charge is 0.308 e. The standard InChI is InChI=1S/C14H18BrN3O2/c15-11-4-3-10(8-14(11)18(19)20)9-16-12-5-7-17-6-1-2-13(12)17/h3-4,8,12-13,16H,1-2,5-7,9H2. The molecule has 0 radical (unpaired) electrons. The molecule has 0 saturated carbocycles. The van der Waals surface area contributed by atoms with Gasteiger partial charge in [-0.05, 0) is 53.4 Å². The summed E-state index contributed by atoms with van der Waals surface area (Å²) < 4.78 is 0.536. The predicted molar refractivity (Wildman–Crippen MR) is 80.6 cm³/mol. The summed E-state index contributed by atoms with van der Waals surface area (Å²) in [6, 6.07) is 6.54. The number of hydrogen-bond donors (Lipinski definition) is 1. The van der Waals surface area contributed by atoms with E-state index in [-0.39, 0.29) is 10.6 Å². The van der Waals surface area contributed by atoms with Crippen LogP contribution in [0.25, 0.3) is 0 Å².